The summed E-state index contributed by atoms with van der Waals surface area (Å²) >= 11 is 0. The molecular formula is C22H31N2O2+. The summed E-state index contributed by atoms with van der Waals surface area (Å²) in [5, 5.41) is 0. The smallest absolute Gasteiger partial charge is 0.161 e. The van der Waals surface area contributed by atoms with E-state index in [0.29, 0.717) is 0 Å². The average Bonchev–Trinajstić information content (AvgIpc) is 2.66. The van der Waals surface area contributed by atoms with Crippen LogP contribution >= 0.6 is 0 Å². The van der Waals surface area contributed by atoms with E-state index in [2.05, 4.69) is 56.0 Å². The zero-order chi connectivity index (χ0) is 18.7. The topological polar surface area (TPSA) is 26.1 Å². The Hall–Kier alpha value is -2.20. The number of hydrogen-bond donors (Lipinski definition) is 1. The monoisotopic (exact) mass is 355 g/mol. The van der Waals surface area contributed by atoms with Gasteiger partial charge in [-0.2, -0.15) is 0 Å². The van der Waals surface area contributed by atoms with Crippen molar-refractivity contribution in [3.05, 3.63) is 52.6 Å². The van der Waals surface area contributed by atoms with Crippen LogP contribution in [0.2, 0.25) is 0 Å². The number of quaternary nitrogens is 1. The van der Waals surface area contributed by atoms with Gasteiger partial charge in [-0.3, -0.25) is 0 Å². The highest BCUT2D eigenvalue weighted by molar-refractivity contribution is 5.56. The van der Waals surface area contributed by atoms with Crippen LogP contribution in [0.3, 0.4) is 0 Å². The molecule has 4 nitrogen and oxygen atoms in total. The molecule has 2 aromatic carbocycles. The van der Waals surface area contributed by atoms with Crippen LogP contribution in [-0.4, -0.2) is 40.4 Å². The zero-order valence-corrected chi connectivity index (χ0v) is 16.7. The van der Waals surface area contributed by atoms with E-state index in [1.807, 2.05) is 0 Å². The van der Waals surface area contributed by atoms with Crippen molar-refractivity contribution in [3.8, 4) is 11.5 Å². The van der Waals surface area contributed by atoms with Crippen molar-refractivity contribution < 1.29 is 14.4 Å². The minimum atomic E-state index is 0.809. The van der Waals surface area contributed by atoms with Gasteiger partial charge in [-0.15, -0.1) is 0 Å². The van der Waals surface area contributed by atoms with Crippen LogP contribution in [0.25, 0.3) is 0 Å². The number of methoxy groups -OCH3 is 2. The van der Waals surface area contributed by atoms with Gasteiger partial charge in [-0.25, -0.2) is 0 Å². The lowest BCUT2D eigenvalue weighted by molar-refractivity contribution is -0.914. The van der Waals surface area contributed by atoms with Crippen molar-refractivity contribution in [2.75, 3.05) is 45.3 Å². The number of aryl methyl sites for hydroxylation is 2. The van der Waals surface area contributed by atoms with Crippen molar-refractivity contribution in [3.63, 3.8) is 0 Å². The number of nitrogens with one attached hydrogen (secondary N) is 1. The molecule has 4 heteroatoms. The summed E-state index contributed by atoms with van der Waals surface area (Å²) in [4.78, 5) is 4.16. The van der Waals surface area contributed by atoms with Crippen LogP contribution in [0.1, 0.15) is 22.3 Å². The van der Waals surface area contributed by atoms with Gasteiger partial charge >= 0.3 is 0 Å². The summed E-state index contributed by atoms with van der Waals surface area (Å²) in [6, 6.07) is 10.8. The first-order chi connectivity index (χ1) is 12.5. The molecule has 0 unspecified atom stereocenters. The summed E-state index contributed by atoms with van der Waals surface area (Å²) in [5.41, 5.74) is 6.79. The van der Waals surface area contributed by atoms with Crippen LogP contribution in [0, 0.1) is 20.8 Å². The highest BCUT2D eigenvalue weighted by Gasteiger charge is 2.22. The Bertz CT molecular complexity index is 765. The fraction of sp³-hybridized carbons (Fsp3) is 0.455. The molecule has 2 aromatic rings. The molecule has 0 radical (unpaired) electrons. The van der Waals surface area contributed by atoms with E-state index in [1.165, 1.54) is 27.9 Å². The molecule has 26 heavy (non-hydrogen) atoms. The largest absolute Gasteiger partial charge is 0.493 e. The molecule has 1 aliphatic heterocycles. The van der Waals surface area contributed by atoms with Crippen molar-refractivity contribution in [2.24, 2.45) is 0 Å². The molecule has 0 amide bonds. The van der Waals surface area contributed by atoms with Gasteiger partial charge in [0.2, 0.25) is 0 Å². The molecule has 0 spiro atoms. The van der Waals surface area contributed by atoms with E-state index in [4.69, 9.17) is 9.47 Å². The summed E-state index contributed by atoms with van der Waals surface area (Å²) in [7, 11) is 3.39. The first-order valence-electron chi connectivity index (χ1n) is 9.39. The van der Waals surface area contributed by atoms with Crippen LogP contribution < -0.4 is 19.3 Å². The lowest BCUT2D eigenvalue weighted by Gasteiger charge is -2.35. The predicted molar refractivity (Wildman–Crippen MR) is 107 cm³/mol. The predicted octanol–water partition coefficient (Wildman–Crippen LogP) is 2.53. The number of benzene rings is 2. The molecule has 3 rings (SSSR count). The molecule has 1 N–H and O–H groups in total. The minimum Gasteiger partial charge on any atom is -0.493 e. The third-order valence-electron chi connectivity index (χ3n) is 5.67. The average molecular weight is 356 g/mol. The van der Waals surface area contributed by atoms with Crippen molar-refractivity contribution in [2.45, 2.75) is 27.3 Å². The van der Waals surface area contributed by atoms with Gasteiger partial charge in [-0.1, -0.05) is 12.1 Å². The molecule has 0 aromatic heterocycles. The first-order valence-corrected chi connectivity index (χ1v) is 9.39. The molecule has 1 heterocycles. The van der Waals surface area contributed by atoms with E-state index in [0.717, 1.165) is 44.2 Å². The third-order valence-corrected chi connectivity index (χ3v) is 5.67. The van der Waals surface area contributed by atoms with Crippen molar-refractivity contribution >= 4 is 5.69 Å². The van der Waals surface area contributed by atoms with Crippen molar-refractivity contribution in [1.82, 2.24) is 0 Å². The van der Waals surface area contributed by atoms with Gasteiger partial charge in [0.25, 0.3) is 0 Å². The Balaban J connectivity index is 1.67. The number of rotatable bonds is 5. The zero-order valence-electron chi connectivity index (χ0n) is 16.7. The van der Waals surface area contributed by atoms with E-state index in [1.54, 1.807) is 19.1 Å². The van der Waals surface area contributed by atoms with E-state index < -0.39 is 0 Å². The lowest BCUT2D eigenvalue weighted by Crippen LogP contribution is -3.13. The normalized spacial score (nSPS) is 15.2. The molecule has 0 aliphatic carbocycles. The molecule has 0 saturated carbocycles. The number of hydrogen-bond acceptors (Lipinski definition) is 3. The highest BCUT2D eigenvalue weighted by atomic mass is 16.5. The SMILES string of the molecule is COc1cc(C)c(C[NH+]2CCN(c3cccc(C)c3C)CC2)cc1OC. The minimum absolute atomic E-state index is 0.809. The van der Waals surface area contributed by atoms with Crippen LogP contribution in [0.5, 0.6) is 11.5 Å². The van der Waals surface area contributed by atoms with Gasteiger partial charge in [0, 0.05) is 11.3 Å². The Labute approximate surface area is 157 Å². The maximum Gasteiger partial charge on any atom is 0.161 e. The van der Waals surface area contributed by atoms with E-state index >= 15 is 0 Å². The summed E-state index contributed by atoms with van der Waals surface area (Å²) in [6.07, 6.45) is 0. The van der Waals surface area contributed by atoms with E-state index in [9.17, 15) is 0 Å². The van der Waals surface area contributed by atoms with Gasteiger partial charge in [0.15, 0.2) is 11.5 Å². The number of anilines is 1. The summed E-state index contributed by atoms with van der Waals surface area (Å²) < 4.78 is 10.9. The van der Waals surface area contributed by atoms with Crippen LogP contribution in [0.15, 0.2) is 30.3 Å². The van der Waals surface area contributed by atoms with Crippen LogP contribution in [-0.2, 0) is 6.54 Å². The fourth-order valence-corrected chi connectivity index (χ4v) is 3.80. The second kappa shape index (κ2) is 8.00. The Kier molecular flexibility index (Phi) is 5.72. The number of nitrogens with zero attached hydrogens (tertiary/aromatic N) is 1. The van der Waals surface area contributed by atoms with Gasteiger partial charge in [0.1, 0.15) is 6.54 Å². The second-order valence-corrected chi connectivity index (χ2v) is 7.27. The van der Waals surface area contributed by atoms with Gasteiger partial charge in [-0.05, 0) is 55.7 Å². The van der Waals surface area contributed by atoms with Crippen LogP contribution in [0.4, 0.5) is 5.69 Å². The van der Waals surface area contributed by atoms with Crippen molar-refractivity contribution in [1.29, 1.82) is 0 Å². The molecule has 1 aliphatic rings. The molecule has 0 bridgehead atoms. The highest BCUT2D eigenvalue weighted by Crippen LogP contribution is 2.30. The quantitative estimate of drug-likeness (QED) is 0.893. The molecule has 140 valence electrons. The molecule has 1 fully saturated rings. The summed E-state index contributed by atoms with van der Waals surface area (Å²) in [5.74, 6) is 1.63. The molecular weight excluding hydrogens is 324 g/mol. The third kappa shape index (κ3) is 3.80. The number of ether oxygens (including phenoxy) is 2. The lowest BCUT2D eigenvalue weighted by atomic mass is 10.1. The fourth-order valence-electron chi connectivity index (χ4n) is 3.80. The maximum absolute atomic E-state index is 5.48. The van der Waals surface area contributed by atoms with Gasteiger partial charge in [0.05, 0.1) is 40.4 Å². The van der Waals surface area contributed by atoms with Gasteiger partial charge < -0.3 is 19.3 Å². The standard InChI is InChI=1S/C22H30N2O2/c1-16-7-6-8-20(18(16)3)24-11-9-23(10-12-24)15-19-14-22(26-5)21(25-4)13-17(19)2/h6-8,13-14H,9-12,15H2,1-5H3/p+1. The van der Waals surface area contributed by atoms with E-state index in [-0.39, 0.29) is 0 Å². The maximum atomic E-state index is 5.48. The molecule has 1 saturated heterocycles. The molecule has 0 atom stereocenters. The second-order valence-electron chi connectivity index (χ2n) is 7.27. The first kappa shape index (κ1) is 18.6. The Morgan fingerprint density at radius 2 is 1.58 bits per heavy atom. The Morgan fingerprint density at radius 3 is 2.23 bits per heavy atom. The number of piperazine rings is 1. The summed E-state index contributed by atoms with van der Waals surface area (Å²) in [6.45, 7) is 12.1. The Morgan fingerprint density at radius 1 is 0.923 bits per heavy atom.